The van der Waals surface area contributed by atoms with Crippen LogP contribution in [0.15, 0.2) is 40.9 Å². The van der Waals surface area contributed by atoms with Gasteiger partial charge in [-0.3, -0.25) is 0 Å². The number of benzene rings is 1. The Kier molecular flexibility index (Phi) is 5.67. The zero-order valence-electron chi connectivity index (χ0n) is 13.2. The number of hydrogen-bond acceptors (Lipinski definition) is 4. The van der Waals surface area contributed by atoms with Crippen LogP contribution >= 0.6 is 12.6 Å². The van der Waals surface area contributed by atoms with E-state index in [4.69, 9.17) is 10.5 Å². The van der Waals surface area contributed by atoms with Gasteiger partial charge in [-0.2, -0.15) is 0 Å². The molecule has 0 heterocycles. The Morgan fingerprint density at radius 3 is 2.14 bits per heavy atom. The highest BCUT2D eigenvalue weighted by Gasteiger charge is 2.24. The number of carbonyl (C=O) groups excluding carboxylic acids is 1. The highest BCUT2D eigenvalue weighted by molar-refractivity contribution is 7.84. The van der Waals surface area contributed by atoms with Crippen LogP contribution in [0.3, 0.4) is 0 Å². The van der Waals surface area contributed by atoms with E-state index >= 15 is 0 Å². The fourth-order valence-electron chi connectivity index (χ4n) is 1.87. The van der Waals surface area contributed by atoms with Crippen molar-refractivity contribution in [3.05, 3.63) is 52.1 Å². The van der Waals surface area contributed by atoms with Crippen LogP contribution in [0.4, 0.5) is 0 Å². The lowest BCUT2D eigenvalue weighted by Gasteiger charge is -2.22. The lowest BCUT2D eigenvalue weighted by molar-refractivity contribution is -0.149. The Labute approximate surface area is 132 Å². The smallest absolute Gasteiger partial charge is 0.341 e. The van der Waals surface area contributed by atoms with Gasteiger partial charge in [-0.15, -0.1) is 12.6 Å². The molecule has 3 nitrogen and oxygen atoms in total. The van der Waals surface area contributed by atoms with Crippen LogP contribution in [-0.4, -0.2) is 11.6 Å². The normalized spacial score (nSPS) is 13.7. The zero-order chi connectivity index (χ0) is 16.2. The minimum atomic E-state index is -0.586. The molecule has 4 heteroatoms. The molecule has 0 unspecified atom stereocenters. The van der Waals surface area contributed by atoms with Gasteiger partial charge in [-0.05, 0) is 45.8 Å². The molecular formula is C17H23NO2S. The summed E-state index contributed by atoms with van der Waals surface area (Å²) in [4.78, 5) is 12.4. The van der Waals surface area contributed by atoms with Gasteiger partial charge in [0.15, 0.2) is 0 Å². The standard InChI is InChI=1S/C17H23NO2S/c1-6-13(12-9-7-11(2)8-10-12)14(15(18)21)16(19)20-17(3,4)5/h6-10,21H,18H2,1-5H3/b13-6-,15-14+. The summed E-state index contributed by atoms with van der Waals surface area (Å²) in [5, 5.41) is 0.151. The van der Waals surface area contributed by atoms with Crippen LogP contribution in [-0.2, 0) is 9.53 Å². The van der Waals surface area contributed by atoms with Crippen molar-refractivity contribution in [3.63, 3.8) is 0 Å². The largest absolute Gasteiger partial charge is 0.456 e. The highest BCUT2D eigenvalue weighted by Crippen LogP contribution is 2.28. The molecule has 0 bridgehead atoms. The molecule has 0 saturated heterocycles. The number of thiol groups is 1. The van der Waals surface area contributed by atoms with E-state index in [1.54, 1.807) is 0 Å². The van der Waals surface area contributed by atoms with Gasteiger partial charge in [0.25, 0.3) is 0 Å². The van der Waals surface area contributed by atoms with Crippen molar-refractivity contribution < 1.29 is 9.53 Å². The predicted molar refractivity (Wildman–Crippen MR) is 90.9 cm³/mol. The van der Waals surface area contributed by atoms with E-state index in [-0.39, 0.29) is 5.03 Å². The molecule has 0 aliphatic heterocycles. The fourth-order valence-corrected chi connectivity index (χ4v) is 2.08. The number of rotatable bonds is 3. The second-order valence-corrected chi connectivity index (χ2v) is 6.31. The van der Waals surface area contributed by atoms with Crippen LogP contribution in [0.25, 0.3) is 5.57 Å². The van der Waals surface area contributed by atoms with E-state index in [2.05, 4.69) is 12.6 Å². The van der Waals surface area contributed by atoms with Crippen LogP contribution in [0.1, 0.15) is 38.8 Å². The summed E-state index contributed by atoms with van der Waals surface area (Å²) in [6.45, 7) is 9.32. The first kappa shape index (κ1) is 17.4. The number of allylic oxidation sites excluding steroid dienone is 1. The van der Waals surface area contributed by atoms with Crippen LogP contribution in [0, 0.1) is 6.92 Å². The van der Waals surface area contributed by atoms with Crippen molar-refractivity contribution in [1.29, 1.82) is 0 Å². The van der Waals surface area contributed by atoms with Gasteiger partial charge in [0.1, 0.15) is 5.60 Å². The topological polar surface area (TPSA) is 52.3 Å². The van der Waals surface area contributed by atoms with Gasteiger partial charge in [-0.1, -0.05) is 35.9 Å². The lowest BCUT2D eigenvalue weighted by atomic mass is 9.97. The van der Waals surface area contributed by atoms with Gasteiger partial charge in [-0.25, -0.2) is 4.79 Å². The second-order valence-electron chi connectivity index (χ2n) is 5.83. The summed E-state index contributed by atoms with van der Waals surface area (Å²) >= 11 is 4.16. The molecule has 0 spiro atoms. The first-order chi connectivity index (χ1) is 9.65. The Balaban J connectivity index is 3.25. The molecule has 0 aliphatic carbocycles. The summed E-state index contributed by atoms with van der Waals surface area (Å²) in [7, 11) is 0. The molecule has 21 heavy (non-hydrogen) atoms. The molecule has 1 rings (SSSR count). The second kappa shape index (κ2) is 6.85. The first-order valence-electron chi connectivity index (χ1n) is 6.81. The molecule has 1 aromatic carbocycles. The number of carbonyl (C=O) groups is 1. The summed E-state index contributed by atoms with van der Waals surface area (Å²) in [5.74, 6) is -0.469. The third-order valence-electron chi connectivity index (χ3n) is 2.78. The SMILES string of the molecule is C/C=C(\C(C(=O)OC(C)(C)C)=C(\N)S)c1ccc(C)cc1. The van der Waals surface area contributed by atoms with Gasteiger partial charge in [0.2, 0.25) is 0 Å². The molecule has 0 aliphatic rings. The summed E-state index contributed by atoms with van der Waals surface area (Å²) in [6, 6.07) is 7.87. The fraction of sp³-hybridized carbons (Fsp3) is 0.353. The van der Waals surface area contributed by atoms with E-state index in [0.717, 1.165) is 16.7 Å². The Morgan fingerprint density at radius 2 is 1.76 bits per heavy atom. The monoisotopic (exact) mass is 305 g/mol. The van der Waals surface area contributed by atoms with Crippen molar-refractivity contribution in [2.75, 3.05) is 0 Å². The maximum atomic E-state index is 12.4. The van der Waals surface area contributed by atoms with E-state index in [9.17, 15) is 4.79 Å². The molecule has 0 atom stereocenters. The lowest BCUT2D eigenvalue weighted by Crippen LogP contribution is -2.26. The number of hydrogen-bond donors (Lipinski definition) is 2. The van der Waals surface area contributed by atoms with Crippen molar-refractivity contribution >= 4 is 24.2 Å². The van der Waals surface area contributed by atoms with Crippen molar-refractivity contribution in [2.24, 2.45) is 5.73 Å². The van der Waals surface area contributed by atoms with Crippen molar-refractivity contribution in [1.82, 2.24) is 0 Å². The molecule has 0 saturated carbocycles. The first-order valence-corrected chi connectivity index (χ1v) is 7.26. The number of esters is 1. The summed E-state index contributed by atoms with van der Waals surface area (Å²) in [5.41, 5.74) is 8.28. The molecule has 0 radical (unpaired) electrons. The Hall–Kier alpha value is -1.68. The summed E-state index contributed by atoms with van der Waals surface area (Å²) in [6.07, 6.45) is 1.84. The third-order valence-corrected chi connectivity index (χ3v) is 3.00. The van der Waals surface area contributed by atoms with Gasteiger partial charge < -0.3 is 10.5 Å². The average Bonchev–Trinajstić information content (AvgIpc) is 2.34. The highest BCUT2D eigenvalue weighted by atomic mass is 32.1. The molecule has 1 aromatic rings. The van der Waals surface area contributed by atoms with E-state index in [0.29, 0.717) is 5.57 Å². The van der Waals surface area contributed by atoms with Crippen molar-refractivity contribution in [3.8, 4) is 0 Å². The predicted octanol–water partition coefficient (Wildman–Crippen LogP) is 3.84. The maximum Gasteiger partial charge on any atom is 0.341 e. The average molecular weight is 305 g/mol. The molecule has 2 N–H and O–H groups in total. The Bertz CT molecular complexity index is 574. The maximum absolute atomic E-state index is 12.4. The minimum Gasteiger partial charge on any atom is -0.456 e. The van der Waals surface area contributed by atoms with Crippen LogP contribution in [0.2, 0.25) is 0 Å². The van der Waals surface area contributed by atoms with E-state index in [1.807, 2.05) is 65.0 Å². The third kappa shape index (κ3) is 4.97. The number of aryl methyl sites for hydroxylation is 1. The zero-order valence-corrected chi connectivity index (χ0v) is 14.1. The van der Waals surface area contributed by atoms with E-state index < -0.39 is 11.6 Å². The number of nitrogens with two attached hydrogens (primary N) is 1. The molecule has 0 aromatic heterocycles. The van der Waals surface area contributed by atoms with E-state index in [1.165, 1.54) is 0 Å². The van der Waals surface area contributed by atoms with Crippen LogP contribution < -0.4 is 5.73 Å². The number of ether oxygens (including phenoxy) is 1. The van der Waals surface area contributed by atoms with Crippen molar-refractivity contribution in [2.45, 2.75) is 40.2 Å². The molecule has 0 fully saturated rings. The molecule has 114 valence electrons. The van der Waals surface area contributed by atoms with Crippen LogP contribution in [0.5, 0.6) is 0 Å². The molecule has 0 amide bonds. The quantitative estimate of drug-likeness (QED) is 0.386. The van der Waals surface area contributed by atoms with Gasteiger partial charge in [0, 0.05) is 0 Å². The molecular weight excluding hydrogens is 282 g/mol. The minimum absolute atomic E-state index is 0.151. The van der Waals surface area contributed by atoms with Gasteiger partial charge >= 0.3 is 5.97 Å². The summed E-state index contributed by atoms with van der Waals surface area (Å²) < 4.78 is 5.42. The van der Waals surface area contributed by atoms with Gasteiger partial charge in [0.05, 0.1) is 10.6 Å². The Morgan fingerprint density at radius 1 is 1.24 bits per heavy atom.